The Hall–Kier alpha value is -0.980. The van der Waals surface area contributed by atoms with Crippen LogP contribution >= 0.6 is 23.2 Å². The monoisotopic (exact) mass is 374 g/mol. The van der Waals surface area contributed by atoms with Gasteiger partial charge in [-0.25, -0.2) is 0 Å². The number of alkyl halides is 2. The van der Waals surface area contributed by atoms with Gasteiger partial charge in [-0.05, 0) is 61.8 Å². The van der Waals surface area contributed by atoms with E-state index in [1.165, 1.54) is 44.5 Å². The van der Waals surface area contributed by atoms with Crippen LogP contribution in [0, 0.1) is 0 Å². The molecule has 0 spiro atoms. The second kappa shape index (κ2) is 6.32. The molecule has 3 rings (SSSR count). The van der Waals surface area contributed by atoms with E-state index in [1.807, 2.05) is 0 Å². The van der Waals surface area contributed by atoms with Gasteiger partial charge in [0.25, 0.3) is 0 Å². The van der Waals surface area contributed by atoms with E-state index in [0.717, 1.165) is 6.42 Å². The van der Waals surface area contributed by atoms with Gasteiger partial charge in [-0.15, -0.1) is 23.2 Å². The average Bonchev–Trinajstić information content (AvgIpc) is 2.88. The van der Waals surface area contributed by atoms with Gasteiger partial charge in [0.15, 0.2) is 0 Å². The van der Waals surface area contributed by atoms with E-state index in [-0.39, 0.29) is 10.8 Å². The first-order valence-corrected chi connectivity index (χ1v) is 10.1. The minimum Gasteiger partial charge on any atom is -0.122 e. The topological polar surface area (TPSA) is 0 Å². The maximum Gasteiger partial charge on any atom is 0.0477 e. The summed E-state index contributed by atoms with van der Waals surface area (Å²) in [6.45, 7) is 13.6. The summed E-state index contributed by atoms with van der Waals surface area (Å²) in [5, 5.41) is 0. The second-order valence-electron chi connectivity index (χ2n) is 9.27. The first kappa shape index (κ1) is 18.8. The van der Waals surface area contributed by atoms with Gasteiger partial charge in [0, 0.05) is 11.8 Å². The van der Waals surface area contributed by atoms with E-state index < -0.39 is 0 Å². The molecule has 0 amide bonds. The zero-order valence-electron chi connectivity index (χ0n) is 16.2. The molecule has 0 heterocycles. The third kappa shape index (κ3) is 3.36. The molecular weight excluding hydrogens is 347 g/mol. The van der Waals surface area contributed by atoms with Crippen molar-refractivity contribution in [3.8, 4) is 11.1 Å². The first-order valence-electron chi connectivity index (χ1n) is 9.01. The van der Waals surface area contributed by atoms with Crippen LogP contribution in [0.5, 0.6) is 0 Å². The lowest BCUT2D eigenvalue weighted by atomic mass is 9.81. The lowest BCUT2D eigenvalue weighted by Crippen LogP contribution is -2.14. The predicted octanol–water partition coefficient (Wildman–Crippen LogP) is 7.33. The molecule has 0 fully saturated rings. The van der Waals surface area contributed by atoms with Gasteiger partial charge in [-0.1, -0.05) is 65.8 Å². The Morgan fingerprint density at radius 3 is 1.92 bits per heavy atom. The molecule has 2 aromatic rings. The summed E-state index contributed by atoms with van der Waals surface area (Å²) < 4.78 is 0. The standard InChI is InChI=1S/C23H28Cl2/c1-22(2,3)17-8-15(12-24)18-9-14-7-16(13-25)21(23(4,5)6)11-19(14)20(18)10-17/h7-8,10-11H,9,12-13H2,1-6H3. The minimum atomic E-state index is 0.0823. The summed E-state index contributed by atoms with van der Waals surface area (Å²) in [5.41, 5.74) is 10.9. The third-order valence-electron chi connectivity index (χ3n) is 5.29. The Morgan fingerprint density at radius 1 is 0.760 bits per heavy atom. The van der Waals surface area contributed by atoms with Gasteiger partial charge in [0.1, 0.15) is 0 Å². The molecule has 0 aromatic heterocycles. The maximum absolute atomic E-state index is 6.32. The summed E-state index contributed by atoms with van der Waals surface area (Å²) in [5.74, 6) is 1.13. The number of rotatable bonds is 2. The molecule has 1 aliphatic rings. The fraction of sp³-hybridized carbons (Fsp3) is 0.478. The van der Waals surface area contributed by atoms with Crippen LogP contribution in [-0.2, 0) is 29.0 Å². The second-order valence-corrected chi connectivity index (χ2v) is 9.81. The zero-order valence-corrected chi connectivity index (χ0v) is 17.7. The van der Waals surface area contributed by atoms with E-state index >= 15 is 0 Å². The van der Waals surface area contributed by atoms with Crippen LogP contribution in [0.4, 0.5) is 0 Å². The molecule has 0 N–H and O–H groups in total. The van der Waals surface area contributed by atoms with Gasteiger partial charge >= 0.3 is 0 Å². The molecule has 1 aliphatic carbocycles. The third-order valence-corrected chi connectivity index (χ3v) is 5.87. The smallest absolute Gasteiger partial charge is 0.0477 e. The van der Waals surface area contributed by atoms with E-state index in [1.54, 1.807) is 0 Å². The molecule has 0 unspecified atom stereocenters. The van der Waals surface area contributed by atoms with Crippen LogP contribution in [-0.4, -0.2) is 0 Å². The lowest BCUT2D eigenvalue weighted by molar-refractivity contribution is 0.585. The van der Waals surface area contributed by atoms with E-state index in [9.17, 15) is 0 Å². The van der Waals surface area contributed by atoms with Gasteiger partial charge in [-0.3, -0.25) is 0 Å². The number of fused-ring (bicyclic) bond motifs is 3. The van der Waals surface area contributed by atoms with Crippen LogP contribution in [0.1, 0.15) is 74.9 Å². The van der Waals surface area contributed by atoms with Crippen LogP contribution in [0.2, 0.25) is 0 Å². The van der Waals surface area contributed by atoms with Crippen molar-refractivity contribution in [1.82, 2.24) is 0 Å². The van der Waals surface area contributed by atoms with Crippen LogP contribution in [0.15, 0.2) is 24.3 Å². The molecular formula is C23H28Cl2. The number of hydrogen-bond donors (Lipinski definition) is 0. The highest BCUT2D eigenvalue weighted by Gasteiger charge is 2.28. The Kier molecular flexibility index (Phi) is 4.75. The first-order chi connectivity index (χ1) is 11.6. The molecule has 0 nitrogen and oxygen atoms in total. The van der Waals surface area contributed by atoms with Crippen LogP contribution in [0.25, 0.3) is 11.1 Å². The largest absolute Gasteiger partial charge is 0.122 e. The highest BCUT2D eigenvalue weighted by atomic mass is 35.5. The Balaban J connectivity index is 2.27. The Labute approximate surface area is 162 Å². The molecule has 0 atom stereocenters. The van der Waals surface area contributed by atoms with Crippen molar-refractivity contribution in [2.24, 2.45) is 0 Å². The van der Waals surface area contributed by atoms with Gasteiger partial charge in [-0.2, -0.15) is 0 Å². The minimum absolute atomic E-state index is 0.0823. The quantitative estimate of drug-likeness (QED) is 0.411. The summed E-state index contributed by atoms with van der Waals surface area (Å²) in [4.78, 5) is 0. The molecule has 0 bridgehead atoms. The van der Waals surface area contributed by atoms with Gasteiger partial charge < -0.3 is 0 Å². The SMILES string of the molecule is CC(C)(C)c1cc(CCl)c2c(c1)-c1cc(C(C)(C)C)c(CCl)cc1C2. The molecule has 0 aliphatic heterocycles. The molecule has 0 radical (unpaired) electrons. The summed E-state index contributed by atoms with van der Waals surface area (Å²) >= 11 is 12.6. The summed E-state index contributed by atoms with van der Waals surface area (Å²) in [6.07, 6.45) is 0.964. The van der Waals surface area contributed by atoms with Crippen molar-refractivity contribution in [3.63, 3.8) is 0 Å². The summed E-state index contributed by atoms with van der Waals surface area (Å²) in [6, 6.07) is 9.37. The van der Waals surface area contributed by atoms with Crippen molar-refractivity contribution < 1.29 is 0 Å². The lowest BCUT2D eigenvalue weighted by Gasteiger charge is -2.24. The normalized spacial score (nSPS) is 13.8. The molecule has 25 heavy (non-hydrogen) atoms. The van der Waals surface area contributed by atoms with Crippen LogP contribution < -0.4 is 0 Å². The average molecular weight is 375 g/mol. The number of benzene rings is 2. The fourth-order valence-corrected chi connectivity index (χ4v) is 4.28. The van der Waals surface area contributed by atoms with Gasteiger partial charge in [0.2, 0.25) is 0 Å². The van der Waals surface area contributed by atoms with Crippen molar-refractivity contribution in [3.05, 3.63) is 57.6 Å². The van der Waals surface area contributed by atoms with Crippen molar-refractivity contribution in [2.45, 2.75) is 70.6 Å². The molecule has 2 heteroatoms. The molecule has 0 saturated carbocycles. The Bertz CT molecular complexity index is 817. The van der Waals surface area contributed by atoms with E-state index in [0.29, 0.717) is 11.8 Å². The van der Waals surface area contributed by atoms with Crippen molar-refractivity contribution >= 4 is 23.2 Å². The van der Waals surface area contributed by atoms with Crippen molar-refractivity contribution in [1.29, 1.82) is 0 Å². The van der Waals surface area contributed by atoms with Crippen molar-refractivity contribution in [2.75, 3.05) is 0 Å². The number of halogens is 2. The Morgan fingerprint density at radius 2 is 1.40 bits per heavy atom. The number of hydrogen-bond acceptors (Lipinski definition) is 0. The highest BCUT2D eigenvalue weighted by molar-refractivity contribution is 6.17. The summed E-state index contributed by atoms with van der Waals surface area (Å²) in [7, 11) is 0. The zero-order chi connectivity index (χ0) is 18.6. The molecule has 0 saturated heterocycles. The molecule has 134 valence electrons. The maximum atomic E-state index is 6.32. The van der Waals surface area contributed by atoms with E-state index in [4.69, 9.17) is 23.2 Å². The highest BCUT2D eigenvalue weighted by Crippen LogP contribution is 2.44. The van der Waals surface area contributed by atoms with Crippen LogP contribution in [0.3, 0.4) is 0 Å². The van der Waals surface area contributed by atoms with E-state index in [2.05, 4.69) is 65.8 Å². The fourth-order valence-electron chi connectivity index (χ4n) is 3.83. The molecule has 2 aromatic carbocycles. The predicted molar refractivity (Wildman–Crippen MR) is 111 cm³/mol. The van der Waals surface area contributed by atoms with Gasteiger partial charge in [0.05, 0.1) is 0 Å².